The molecule has 2 rings (SSSR count). The van der Waals surface area contributed by atoms with Crippen molar-refractivity contribution < 1.29 is 4.79 Å². The highest BCUT2D eigenvalue weighted by Gasteiger charge is 2.06. The van der Waals surface area contributed by atoms with Crippen molar-refractivity contribution in [1.82, 2.24) is 0 Å². The number of rotatable bonds is 2. The van der Waals surface area contributed by atoms with Gasteiger partial charge in [0, 0.05) is 11.1 Å². The van der Waals surface area contributed by atoms with Crippen LogP contribution in [0.15, 0.2) is 60.7 Å². The van der Waals surface area contributed by atoms with Crippen molar-refractivity contribution >= 4 is 5.78 Å². The van der Waals surface area contributed by atoms with Gasteiger partial charge in [0.2, 0.25) is 0 Å². The smallest absolute Gasteiger partial charge is 0.193 e. The van der Waals surface area contributed by atoms with E-state index in [4.69, 9.17) is 0 Å². The van der Waals surface area contributed by atoms with Crippen LogP contribution in [0.3, 0.4) is 0 Å². The van der Waals surface area contributed by atoms with Crippen molar-refractivity contribution in [2.24, 2.45) is 0 Å². The fraction of sp³-hybridized carbons (Fsp3) is 0.235. The molecular weight excluding hydrogens is 220 g/mol. The van der Waals surface area contributed by atoms with Gasteiger partial charge in [-0.25, -0.2) is 0 Å². The van der Waals surface area contributed by atoms with Crippen molar-refractivity contribution in [3.63, 3.8) is 0 Å². The highest BCUT2D eigenvalue weighted by atomic mass is 16.1. The second-order valence-electron chi connectivity index (χ2n) is 3.06. The topological polar surface area (TPSA) is 17.1 Å². The van der Waals surface area contributed by atoms with E-state index in [9.17, 15) is 4.79 Å². The molecule has 0 bridgehead atoms. The number of hydrogen-bond donors (Lipinski definition) is 0. The van der Waals surface area contributed by atoms with Crippen molar-refractivity contribution in [3.05, 3.63) is 71.8 Å². The predicted octanol–water partition coefficient (Wildman–Crippen LogP) is 5.46. The summed E-state index contributed by atoms with van der Waals surface area (Å²) in [7, 11) is 0. The molecule has 1 heteroatoms. The molecule has 2 aromatic carbocycles. The first kappa shape index (κ1) is 21.4. The quantitative estimate of drug-likeness (QED) is 0.643. The molecule has 0 radical (unpaired) electrons. The van der Waals surface area contributed by atoms with Gasteiger partial charge in [-0.3, -0.25) is 4.79 Å². The van der Waals surface area contributed by atoms with Gasteiger partial charge < -0.3 is 0 Å². The lowest BCUT2D eigenvalue weighted by Crippen LogP contribution is -1.99. The number of hydrogen-bond acceptors (Lipinski definition) is 1. The van der Waals surface area contributed by atoms with Gasteiger partial charge >= 0.3 is 0 Å². The number of benzene rings is 2. The minimum Gasteiger partial charge on any atom is -0.289 e. The molecule has 0 N–H and O–H groups in total. The van der Waals surface area contributed by atoms with Crippen molar-refractivity contribution in [3.8, 4) is 0 Å². The lowest BCUT2D eigenvalue weighted by molar-refractivity contribution is 0.103. The van der Waals surface area contributed by atoms with E-state index in [1.165, 1.54) is 0 Å². The van der Waals surface area contributed by atoms with E-state index >= 15 is 0 Å². The van der Waals surface area contributed by atoms with E-state index in [0.29, 0.717) is 0 Å². The van der Waals surface area contributed by atoms with Gasteiger partial charge in [0.25, 0.3) is 0 Å². The first-order valence-corrected chi connectivity index (χ1v) is 4.53. The maximum atomic E-state index is 11.8. The van der Waals surface area contributed by atoms with Crippen LogP contribution in [-0.2, 0) is 0 Å². The van der Waals surface area contributed by atoms with Gasteiger partial charge in [0.05, 0.1) is 0 Å². The third-order valence-corrected chi connectivity index (χ3v) is 2.07. The number of ketones is 1. The highest BCUT2D eigenvalue weighted by Crippen LogP contribution is 2.08. The van der Waals surface area contributed by atoms with Gasteiger partial charge in [-0.1, -0.05) is 90.4 Å². The van der Waals surface area contributed by atoms with Crippen LogP contribution in [0.1, 0.15) is 45.6 Å². The highest BCUT2D eigenvalue weighted by molar-refractivity contribution is 6.08. The van der Waals surface area contributed by atoms with Crippen LogP contribution in [0.5, 0.6) is 0 Å². The third-order valence-electron chi connectivity index (χ3n) is 2.07. The van der Waals surface area contributed by atoms with Crippen LogP contribution in [0.25, 0.3) is 0 Å². The summed E-state index contributed by atoms with van der Waals surface area (Å²) < 4.78 is 0. The SMILES string of the molecule is C.C.C.C.O=C(c1ccccc1)c1ccccc1. The van der Waals surface area contributed by atoms with Crippen LogP contribution in [0.4, 0.5) is 0 Å². The summed E-state index contributed by atoms with van der Waals surface area (Å²) in [6.45, 7) is 0. The van der Waals surface area contributed by atoms with Crippen LogP contribution < -0.4 is 0 Å². The molecule has 0 aliphatic rings. The molecule has 0 saturated carbocycles. The number of carbonyl (C=O) groups excluding carboxylic acids is 1. The lowest BCUT2D eigenvalue weighted by atomic mass is 10.0. The predicted molar refractivity (Wildman–Crippen MR) is 83.2 cm³/mol. The second-order valence-corrected chi connectivity index (χ2v) is 3.06. The molecule has 0 spiro atoms. The van der Waals surface area contributed by atoms with E-state index in [1.54, 1.807) is 0 Å². The molecule has 1 nitrogen and oxygen atoms in total. The molecule has 0 saturated heterocycles. The molecule has 2 aromatic rings. The molecule has 0 fully saturated rings. The molecule has 0 aromatic heterocycles. The van der Waals surface area contributed by atoms with Crippen LogP contribution >= 0.6 is 0 Å². The van der Waals surface area contributed by atoms with Gasteiger partial charge in [0.1, 0.15) is 0 Å². The fourth-order valence-electron chi connectivity index (χ4n) is 1.35. The summed E-state index contributed by atoms with van der Waals surface area (Å²) in [6.07, 6.45) is 0. The maximum absolute atomic E-state index is 11.8. The van der Waals surface area contributed by atoms with E-state index < -0.39 is 0 Å². The molecule has 0 atom stereocenters. The molecule has 100 valence electrons. The summed E-state index contributed by atoms with van der Waals surface area (Å²) >= 11 is 0. The molecule has 0 unspecified atom stereocenters. The van der Waals surface area contributed by atoms with Crippen LogP contribution in [-0.4, -0.2) is 5.78 Å². The lowest BCUT2D eigenvalue weighted by Gasteiger charge is -1.99. The second kappa shape index (κ2) is 10.3. The average Bonchev–Trinajstić information content (AvgIpc) is 2.30. The minimum atomic E-state index is 0. The normalized spacial score (nSPS) is 7.56. The molecule has 18 heavy (non-hydrogen) atoms. The summed E-state index contributed by atoms with van der Waals surface area (Å²) in [5.74, 6) is 0.0752. The van der Waals surface area contributed by atoms with Gasteiger partial charge in [0.15, 0.2) is 5.78 Å². The van der Waals surface area contributed by atoms with Gasteiger partial charge in [-0.2, -0.15) is 0 Å². The average molecular weight is 246 g/mol. The van der Waals surface area contributed by atoms with Crippen LogP contribution in [0.2, 0.25) is 0 Å². The molecule has 0 heterocycles. The van der Waals surface area contributed by atoms with E-state index in [1.807, 2.05) is 60.7 Å². The Kier molecular flexibility index (Phi) is 12.2. The Hall–Kier alpha value is -1.89. The Morgan fingerprint density at radius 2 is 0.833 bits per heavy atom. The zero-order valence-electron chi connectivity index (χ0n) is 7.68. The Morgan fingerprint density at radius 1 is 0.556 bits per heavy atom. The van der Waals surface area contributed by atoms with E-state index in [-0.39, 0.29) is 35.5 Å². The van der Waals surface area contributed by atoms with Crippen molar-refractivity contribution in [1.29, 1.82) is 0 Å². The Labute approximate surface area is 112 Å². The molecule has 0 aliphatic heterocycles. The monoisotopic (exact) mass is 246 g/mol. The summed E-state index contributed by atoms with van der Waals surface area (Å²) in [5, 5.41) is 0. The Morgan fingerprint density at radius 3 is 1.11 bits per heavy atom. The first-order valence-electron chi connectivity index (χ1n) is 4.53. The maximum Gasteiger partial charge on any atom is 0.193 e. The molecule has 0 amide bonds. The van der Waals surface area contributed by atoms with Gasteiger partial charge in [-0.15, -0.1) is 0 Å². The zero-order valence-corrected chi connectivity index (χ0v) is 7.68. The van der Waals surface area contributed by atoms with Crippen molar-refractivity contribution in [2.75, 3.05) is 0 Å². The Balaban J connectivity index is -0.000000562. The Bertz CT molecular complexity index is 376. The van der Waals surface area contributed by atoms with Crippen molar-refractivity contribution in [2.45, 2.75) is 29.7 Å². The third kappa shape index (κ3) is 4.96. The van der Waals surface area contributed by atoms with E-state index in [0.717, 1.165) is 11.1 Å². The zero-order chi connectivity index (χ0) is 9.80. The minimum absolute atomic E-state index is 0. The van der Waals surface area contributed by atoms with E-state index in [2.05, 4.69) is 0 Å². The standard InChI is InChI=1S/C13H10O.4CH4/c14-13(11-7-3-1-4-8-11)12-9-5-2-6-10-12;;;;/h1-10H;4*1H4. The molecule has 0 aliphatic carbocycles. The largest absolute Gasteiger partial charge is 0.289 e. The molecular formula is C17H26O. The van der Waals surface area contributed by atoms with Crippen LogP contribution in [0, 0.1) is 0 Å². The fourth-order valence-corrected chi connectivity index (χ4v) is 1.35. The summed E-state index contributed by atoms with van der Waals surface area (Å²) in [6, 6.07) is 18.6. The number of carbonyl (C=O) groups is 1. The summed E-state index contributed by atoms with van der Waals surface area (Å²) in [4.78, 5) is 11.8. The summed E-state index contributed by atoms with van der Waals surface area (Å²) in [5.41, 5.74) is 1.47. The van der Waals surface area contributed by atoms with Gasteiger partial charge in [-0.05, 0) is 0 Å². The first-order chi connectivity index (χ1) is 6.88.